The van der Waals surface area contributed by atoms with Crippen molar-refractivity contribution in [2.45, 2.75) is 85.2 Å². The molecule has 0 amide bonds. The average Bonchev–Trinajstić information content (AvgIpc) is 2.92. The SMILES string of the molecule is CC(=O)OC1CC[C@@]2(C)C(=CC[C@@H]3[C@@H]2CC[C@]2(C)C(C(C)=O)CC[C@@H]32)C1. The van der Waals surface area contributed by atoms with Gasteiger partial charge < -0.3 is 4.74 Å². The van der Waals surface area contributed by atoms with Crippen LogP contribution in [0, 0.1) is 34.5 Å². The minimum absolute atomic E-state index is 0.0748. The normalized spacial score (nSPS) is 47.2. The Morgan fingerprint density at radius 1 is 1.04 bits per heavy atom. The van der Waals surface area contributed by atoms with Crippen molar-refractivity contribution in [2.24, 2.45) is 34.5 Å². The first kappa shape index (κ1) is 18.3. The van der Waals surface area contributed by atoms with E-state index >= 15 is 0 Å². The standard InChI is InChI=1S/C23H34O3/c1-14(24)19-7-8-20-18-6-5-16-13-17(26-15(2)25)9-11-22(16,3)21(18)10-12-23(19,20)4/h5,17-21H,6-13H2,1-4H3/t17?,18-,19?,20-,21-,22-,23+/m0/s1. The summed E-state index contributed by atoms with van der Waals surface area (Å²) in [6, 6.07) is 0. The number of ether oxygens (including phenoxy) is 1. The number of hydrogen-bond acceptors (Lipinski definition) is 3. The van der Waals surface area contributed by atoms with Crippen LogP contribution >= 0.6 is 0 Å². The van der Waals surface area contributed by atoms with Gasteiger partial charge in [0.25, 0.3) is 0 Å². The lowest BCUT2D eigenvalue weighted by Crippen LogP contribution is -2.51. The van der Waals surface area contributed by atoms with E-state index in [1.165, 1.54) is 26.2 Å². The molecule has 0 saturated heterocycles. The van der Waals surface area contributed by atoms with Crippen LogP contribution in [-0.2, 0) is 14.3 Å². The monoisotopic (exact) mass is 358 g/mol. The van der Waals surface area contributed by atoms with Crippen LogP contribution in [-0.4, -0.2) is 17.9 Å². The molecule has 0 aliphatic heterocycles. The van der Waals surface area contributed by atoms with Crippen LogP contribution in [0.5, 0.6) is 0 Å². The highest BCUT2D eigenvalue weighted by atomic mass is 16.5. The van der Waals surface area contributed by atoms with Crippen molar-refractivity contribution < 1.29 is 14.3 Å². The van der Waals surface area contributed by atoms with Crippen LogP contribution in [0.4, 0.5) is 0 Å². The summed E-state index contributed by atoms with van der Waals surface area (Å²) in [6.45, 7) is 8.21. The van der Waals surface area contributed by atoms with Gasteiger partial charge >= 0.3 is 5.97 Å². The third-order valence-corrected chi connectivity index (χ3v) is 8.88. The van der Waals surface area contributed by atoms with E-state index in [1.54, 1.807) is 12.5 Å². The fourth-order valence-corrected chi connectivity index (χ4v) is 7.63. The number of ketones is 1. The smallest absolute Gasteiger partial charge is 0.302 e. The molecule has 3 fully saturated rings. The maximum absolute atomic E-state index is 12.2. The molecule has 4 aliphatic rings. The summed E-state index contributed by atoms with van der Waals surface area (Å²) < 4.78 is 5.53. The van der Waals surface area contributed by atoms with E-state index in [-0.39, 0.29) is 28.8 Å². The van der Waals surface area contributed by atoms with Crippen molar-refractivity contribution >= 4 is 11.8 Å². The number of carbonyl (C=O) groups excluding carboxylic acids is 2. The molecule has 26 heavy (non-hydrogen) atoms. The molecule has 0 radical (unpaired) electrons. The van der Waals surface area contributed by atoms with Crippen molar-refractivity contribution in [3.63, 3.8) is 0 Å². The van der Waals surface area contributed by atoms with E-state index in [4.69, 9.17) is 4.74 Å². The first-order chi connectivity index (χ1) is 12.3. The summed E-state index contributed by atoms with van der Waals surface area (Å²) >= 11 is 0. The molecular formula is C23H34O3. The zero-order chi connectivity index (χ0) is 18.7. The number of esters is 1. The molecule has 0 aromatic heterocycles. The number of allylic oxidation sites excluding steroid dienone is 1. The highest BCUT2D eigenvalue weighted by Gasteiger charge is 2.59. The molecule has 3 nitrogen and oxygen atoms in total. The van der Waals surface area contributed by atoms with Crippen LogP contribution in [0.1, 0.15) is 79.1 Å². The van der Waals surface area contributed by atoms with Gasteiger partial charge in [-0.1, -0.05) is 25.5 Å². The van der Waals surface area contributed by atoms with Crippen molar-refractivity contribution in [3.05, 3.63) is 11.6 Å². The quantitative estimate of drug-likeness (QED) is 0.510. The van der Waals surface area contributed by atoms with Gasteiger partial charge in [0.05, 0.1) is 0 Å². The van der Waals surface area contributed by atoms with Crippen LogP contribution in [0.25, 0.3) is 0 Å². The summed E-state index contributed by atoms with van der Waals surface area (Å²) in [5, 5.41) is 0. The van der Waals surface area contributed by atoms with Crippen molar-refractivity contribution in [2.75, 3.05) is 0 Å². The summed E-state index contributed by atoms with van der Waals surface area (Å²) in [7, 11) is 0. The maximum atomic E-state index is 12.2. The van der Waals surface area contributed by atoms with E-state index in [0.29, 0.717) is 11.7 Å². The second kappa shape index (κ2) is 6.21. The van der Waals surface area contributed by atoms with Gasteiger partial charge in [-0.2, -0.15) is 0 Å². The summed E-state index contributed by atoms with van der Waals surface area (Å²) in [6.07, 6.45) is 11.6. The Bertz CT molecular complexity index is 650. The Hall–Kier alpha value is -1.12. The van der Waals surface area contributed by atoms with Gasteiger partial charge in [-0.15, -0.1) is 0 Å². The molecule has 0 bridgehead atoms. The second-order valence-corrected chi connectivity index (χ2v) is 10.0. The molecule has 3 heteroatoms. The van der Waals surface area contributed by atoms with Crippen LogP contribution < -0.4 is 0 Å². The third-order valence-electron chi connectivity index (χ3n) is 8.88. The van der Waals surface area contributed by atoms with Gasteiger partial charge in [-0.05, 0) is 80.5 Å². The molecule has 0 spiro atoms. The van der Waals surface area contributed by atoms with E-state index in [2.05, 4.69) is 19.9 Å². The highest BCUT2D eigenvalue weighted by Crippen LogP contribution is 2.66. The number of carbonyl (C=O) groups is 2. The number of hydrogen-bond donors (Lipinski definition) is 0. The molecular weight excluding hydrogens is 324 g/mol. The molecule has 3 saturated carbocycles. The van der Waals surface area contributed by atoms with Crippen molar-refractivity contribution in [1.29, 1.82) is 0 Å². The predicted octanol–water partition coefficient (Wildman–Crippen LogP) is 5.09. The molecule has 4 aliphatic carbocycles. The fourth-order valence-electron chi connectivity index (χ4n) is 7.63. The van der Waals surface area contributed by atoms with Gasteiger partial charge in [0.2, 0.25) is 0 Å². The van der Waals surface area contributed by atoms with E-state index < -0.39 is 0 Å². The van der Waals surface area contributed by atoms with Crippen LogP contribution in [0.3, 0.4) is 0 Å². The average molecular weight is 359 g/mol. The Morgan fingerprint density at radius 2 is 1.81 bits per heavy atom. The van der Waals surface area contributed by atoms with E-state index in [0.717, 1.165) is 43.9 Å². The highest BCUT2D eigenvalue weighted by molar-refractivity contribution is 5.79. The van der Waals surface area contributed by atoms with E-state index in [9.17, 15) is 9.59 Å². The molecule has 0 N–H and O–H groups in total. The molecule has 144 valence electrons. The first-order valence-electron chi connectivity index (χ1n) is 10.6. The summed E-state index contributed by atoms with van der Waals surface area (Å²) in [5.41, 5.74) is 2.04. The first-order valence-corrected chi connectivity index (χ1v) is 10.6. The summed E-state index contributed by atoms with van der Waals surface area (Å²) in [5.74, 6) is 2.72. The van der Waals surface area contributed by atoms with Gasteiger partial charge in [0.15, 0.2) is 0 Å². The van der Waals surface area contributed by atoms with Crippen molar-refractivity contribution in [1.82, 2.24) is 0 Å². The molecule has 0 aromatic carbocycles. The topological polar surface area (TPSA) is 43.4 Å². The van der Waals surface area contributed by atoms with Gasteiger partial charge in [0, 0.05) is 19.3 Å². The lowest BCUT2D eigenvalue weighted by molar-refractivity contribution is -0.149. The lowest BCUT2D eigenvalue weighted by atomic mass is 9.47. The lowest BCUT2D eigenvalue weighted by Gasteiger charge is -2.58. The van der Waals surface area contributed by atoms with Gasteiger partial charge in [-0.3, -0.25) is 9.59 Å². The largest absolute Gasteiger partial charge is 0.462 e. The minimum Gasteiger partial charge on any atom is -0.462 e. The number of Topliss-reactive ketones (excluding diaryl/α,β-unsaturated/α-hetero) is 1. The minimum atomic E-state index is -0.150. The molecule has 0 heterocycles. The Morgan fingerprint density at radius 3 is 2.50 bits per heavy atom. The zero-order valence-electron chi connectivity index (χ0n) is 16.8. The second-order valence-electron chi connectivity index (χ2n) is 10.0. The van der Waals surface area contributed by atoms with E-state index in [1.807, 2.05) is 0 Å². The fraction of sp³-hybridized carbons (Fsp3) is 0.826. The third kappa shape index (κ3) is 2.60. The molecule has 7 atom stereocenters. The predicted molar refractivity (Wildman–Crippen MR) is 101 cm³/mol. The Balaban J connectivity index is 1.59. The zero-order valence-corrected chi connectivity index (χ0v) is 16.8. The van der Waals surface area contributed by atoms with Crippen LogP contribution in [0.15, 0.2) is 11.6 Å². The van der Waals surface area contributed by atoms with Crippen molar-refractivity contribution in [3.8, 4) is 0 Å². The van der Waals surface area contributed by atoms with Gasteiger partial charge in [0.1, 0.15) is 11.9 Å². The Kier molecular flexibility index (Phi) is 4.36. The molecule has 0 aromatic rings. The van der Waals surface area contributed by atoms with Gasteiger partial charge in [-0.25, -0.2) is 0 Å². The molecule has 2 unspecified atom stereocenters. The number of fused-ring (bicyclic) bond motifs is 5. The number of rotatable bonds is 2. The molecule has 4 rings (SSSR count). The Labute approximate surface area is 157 Å². The summed E-state index contributed by atoms with van der Waals surface area (Å²) in [4.78, 5) is 23.6. The van der Waals surface area contributed by atoms with Crippen LogP contribution in [0.2, 0.25) is 0 Å². The maximum Gasteiger partial charge on any atom is 0.302 e.